The van der Waals surface area contributed by atoms with E-state index in [2.05, 4.69) is 5.32 Å². The predicted octanol–water partition coefficient (Wildman–Crippen LogP) is 1.46. The van der Waals surface area contributed by atoms with Crippen LogP contribution in [0.4, 0.5) is 18.9 Å². The number of halogens is 4. The third-order valence-electron chi connectivity index (χ3n) is 3.14. The molecule has 1 aromatic rings. The third kappa shape index (κ3) is 4.11. The molecular weight excluding hydrogens is 323 g/mol. The Kier molecular flexibility index (Phi) is 5.78. The average molecular weight is 338 g/mol. The van der Waals surface area contributed by atoms with Crippen molar-refractivity contribution in [2.75, 3.05) is 18.4 Å². The summed E-state index contributed by atoms with van der Waals surface area (Å²) in [6, 6.07) is 2.28. The highest BCUT2D eigenvalue weighted by Crippen LogP contribution is 2.26. The van der Waals surface area contributed by atoms with Gasteiger partial charge in [0.1, 0.15) is 5.82 Å². The number of fused-ring (bicyclic) bond motifs is 1. The van der Waals surface area contributed by atoms with Gasteiger partial charge in [-0.3, -0.25) is 9.59 Å². The molecule has 0 saturated carbocycles. The lowest BCUT2D eigenvalue weighted by Gasteiger charge is -2.19. The van der Waals surface area contributed by atoms with E-state index in [1.165, 1.54) is 6.07 Å². The summed E-state index contributed by atoms with van der Waals surface area (Å²) < 4.78 is 39.8. The number of carbonyl (C=O) groups excluding carboxylic acids is 2. The van der Waals surface area contributed by atoms with Crippen molar-refractivity contribution in [1.29, 1.82) is 0 Å². The lowest BCUT2D eigenvalue weighted by Crippen LogP contribution is -2.41. The van der Waals surface area contributed by atoms with Gasteiger partial charge in [0, 0.05) is 12.1 Å². The van der Waals surface area contributed by atoms with Gasteiger partial charge in [-0.15, -0.1) is 12.4 Å². The molecule has 0 aromatic heterocycles. The zero-order chi connectivity index (χ0) is 15.6. The van der Waals surface area contributed by atoms with Gasteiger partial charge in [0.2, 0.25) is 5.91 Å². The summed E-state index contributed by atoms with van der Waals surface area (Å²) in [7, 11) is 0. The summed E-state index contributed by atoms with van der Waals surface area (Å²) in [5.74, 6) is -5.31. The van der Waals surface area contributed by atoms with Crippen molar-refractivity contribution in [2.24, 2.45) is 5.73 Å². The van der Waals surface area contributed by atoms with E-state index in [-0.39, 0.29) is 30.3 Å². The maximum absolute atomic E-state index is 13.8. The Labute approximate surface area is 130 Å². The first-order valence-corrected chi connectivity index (χ1v) is 6.31. The minimum Gasteiger partial charge on any atom is -0.346 e. The van der Waals surface area contributed by atoms with E-state index in [9.17, 15) is 22.8 Å². The number of benzene rings is 1. The van der Waals surface area contributed by atoms with E-state index in [4.69, 9.17) is 5.73 Å². The third-order valence-corrected chi connectivity index (χ3v) is 3.14. The molecular formula is C13H15ClF3N3O2. The van der Waals surface area contributed by atoms with E-state index < -0.39 is 30.7 Å². The molecule has 22 heavy (non-hydrogen) atoms. The van der Waals surface area contributed by atoms with Gasteiger partial charge in [0.05, 0.1) is 18.7 Å². The molecule has 122 valence electrons. The molecule has 1 heterocycles. The molecule has 4 N–H and O–H groups in total. The number of rotatable bonds is 4. The molecule has 0 atom stereocenters. The van der Waals surface area contributed by atoms with Crippen molar-refractivity contribution in [1.82, 2.24) is 5.32 Å². The fraction of sp³-hybridized carbons (Fsp3) is 0.385. The molecule has 0 radical (unpaired) electrons. The summed E-state index contributed by atoms with van der Waals surface area (Å²) in [6.45, 7) is -1.87. The number of amides is 2. The molecule has 1 aliphatic heterocycles. The second kappa shape index (κ2) is 6.97. The monoisotopic (exact) mass is 337 g/mol. The van der Waals surface area contributed by atoms with Gasteiger partial charge in [-0.1, -0.05) is 0 Å². The Hall–Kier alpha value is -1.80. The molecule has 1 aromatic carbocycles. The van der Waals surface area contributed by atoms with Crippen LogP contribution in [0.2, 0.25) is 0 Å². The van der Waals surface area contributed by atoms with Gasteiger partial charge in [-0.05, 0) is 24.1 Å². The average Bonchev–Trinajstić information content (AvgIpc) is 2.44. The lowest BCUT2D eigenvalue weighted by molar-refractivity contribution is -0.116. The molecule has 2 rings (SSSR count). The molecule has 0 spiro atoms. The van der Waals surface area contributed by atoms with Gasteiger partial charge in [-0.25, -0.2) is 13.2 Å². The Morgan fingerprint density at radius 1 is 1.36 bits per heavy atom. The van der Waals surface area contributed by atoms with E-state index in [0.717, 1.165) is 6.07 Å². The molecule has 0 bridgehead atoms. The fourth-order valence-electron chi connectivity index (χ4n) is 1.95. The molecule has 5 nitrogen and oxygen atoms in total. The molecule has 9 heteroatoms. The Balaban J connectivity index is 0.00000242. The summed E-state index contributed by atoms with van der Waals surface area (Å²) in [5.41, 5.74) is 5.40. The number of nitrogens with two attached hydrogens (primary N) is 1. The highest BCUT2D eigenvalue weighted by Gasteiger charge is 2.28. The van der Waals surface area contributed by atoms with Crippen molar-refractivity contribution in [2.45, 2.75) is 18.8 Å². The number of hydrogen-bond acceptors (Lipinski definition) is 3. The second-order valence-corrected chi connectivity index (χ2v) is 4.78. The van der Waals surface area contributed by atoms with E-state index in [1.807, 2.05) is 5.32 Å². The normalized spacial score (nSPS) is 13.7. The van der Waals surface area contributed by atoms with Gasteiger partial charge in [0.15, 0.2) is 0 Å². The van der Waals surface area contributed by atoms with E-state index >= 15 is 0 Å². The van der Waals surface area contributed by atoms with Crippen LogP contribution in [-0.4, -0.2) is 30.8 Å². The SMILES string of the molecule is Cl.NCC(F)(F)CNC(=O)c1cc2c(cc1F)NC(=O)CC2. The van der Waals surface area contributed by atoms with Gasteiger partial charge >= 0.3 is 0 Å². The van der Waals surface area contributed by atoms with Crippen molar-refractivity contribution in [3.8, 4) is 0 Å². The fourth-order valence-corrected chi connectivity index (χ4v) is 1.95. The number of carbonyl (C=O) groups is 2. The summed E-state index contributed by atoms with van der Waals surface area (Å²) in [5, 5.41) is 4.44. The van der Waals surface area contributed by atoms with Crippen molar-refractivity contribution >= 4 is 29.9 Å². The maximum Gasteiger partial charge on any atom is 0.277 e. The zero-order valence-corrected chi connectivity index (χ0v) is 12.2. The van der Waals surface area contributed by atoms with Crippen LogP contribution in [0.15, 0.2) is 12.1 Å². The zero-order valence-electron chi connectivity index (χ0n) is 11.4. The topological polar surface area (TPSA) is 84.2 Å². The summed E-state index contributed by atoms with van der Waals surface area (Å²) >= 11 is 0. The first-order valence-electron chi connectivity index (χ1n) is 6.31. The largest absolute Gasteiger partial charge is 0.346 e. The Morgan fingerprint density at radius 3 is 2.68 bits per heavy atom. The van der Waals surface area contributed by atoms with Crippen LogP contribution in [0.3, 0.4) is 0 Å². The van der Waals surface area contributed by atoms with Crippen LogP contribution in [0.1, 0.15) is 22.3 Å². The number of hydrogen-bond donors (Lipinski definition) is 3. The van der Waals surface area contributed by atoms with Crippen LogP contribution in [-0.2, 0) is 11.2 Å². The summed E-state index contributed by atoms with van der Waals surface area (Å²) in [4.78, 5) is 23.0. The van der Waals surface area contributed by atoms with Crippen molar-refractivity contribution in [3.63, 3.8) is 0 Å². The number of anilines is 1. The van der Waals surface area contributed by atoms with Crippen molar-refractivity contribution < 1.29 is 22.8 Å². The number of alkyl halides is 2. The minimum absolute atomic E-state index is 0. The van der Waals surface area contributed by atoms with E-state index in [1.54, 1.807) is 0 Å². The smallest absolute Gasteiger partial charge is 0.277 e. The highest BCUT2D eigenvalue weighted by atomic mass is 35.5. The maximum atomic E-state index is 13.8. The van der Waals surface area contributed by atoms with Crippen LogP contribution in [0, 0.1) is 5.82 Å². The highest BCUT2D eigenvalue weighted by molar-refractivity contribution is 5.98. The second-order valence-electron chi connectivity index (χ2n) is 4.78. The quantitative estimate of drug-likeness (QED) is 0.777. The van der Waals surface area contributed by atoms with Crippen molar-refractivity contribution in [3.05, 3.63) is 29.1 Å². The van der Waals surface area contributed by atoms with Crippen LogP contribution < -0.4 is 16.4 Å². The first kappa shape index (κ1) is 18.2. The molecule has 0 fully saturated rings. The molecule has 0 unspecified atom stereocenters. The molecule has 2 amide bonds. The van der Waals surface area contributed by atoms with Gasteiger partial charge < -0.3 is 16.4 Å². The van der Waals surface area contributed by atoms with Crippen LogP contribution in [0.5, 0.6) is 0 Å². The van der Waals surface area contributed by atoms with E-state index in [0.29, 0.717) is 17.7 Å². The Bertz CT molecular complexity index is 596. The molecule has 1 aliphatic rings. The van der Waals surface area contributed by atoms with Gasteiger partial charge in [0.25, 0.3) is 11.8 Å². The number of nitrogens with one attached hydrogen (secondary N) is 2. The first-order chi connectivity index (χ1) is 9.82. The minimum atomic E-state index is -3.24. The predicted molar refractivity (Wildman–Crippen MR) is 76.9 cm³/mol. The Morgan fingerprint density at radius 2 is 2.05 bits per heavy atom. The molecule has 0 aliphatic carbocycles. The number of aryl methyl sites for hydroxylation is 1. The van der Waals surface area contributed by atoms with Crippen LogP contribution in [0.25, 0.3) is 0 Å². The summed E-state index contributed by atoms with van der Waals surface area (Å²) in [6.07, 6.45) is 0.589. The standard InChI is InChI=1S/C13H14F3N3O2.ClH/c14-9-4-10-7(1-2-11(20)19-10)3-8(9)12(21)18-6-13(15,16)5-17;/h3-4H,1-2,5-6,17H2,(H,18,21)(H,19,20);1H. The van der Waals surface area contributed by atoms with Gasteiger partial charge in [-0.2, -0.15) is 0 Å². The lowest BCUT2D eigenvalue weighted by atomic mass is 9.99. The van der Waals surface area contributed by atoms with Crippen LogP contribution >= 0.6 is 12.4 Å². The molecule has 0 saturated heterocycles.